The van der Waals surface area contributed by atoms with Crippen LogP contribution in [0.5, 0.6) is 0 Å². The lowest BCUT2D eigenvalue weighted by Crippen LogP contribution is -2.26. The van der Waals surface area contributed by atoms with E-state index in [2.05, 4.69) is 96.6 Å². The second-order valence-corrected chi connectivity index (χ2v) is 6.29. The molecule has 0 aromatic heterocycles. The van der Waals surface area contributed by atoms with Crippen LogP contribution in [0.25, 0.3) is 0 Å². The summed E-state index contributed by atoms with van der Waals surface area (Å²) < 4.78 is 0. The lowest BCUT2D eigenvalue weighted by Gasteiger charge is -2.38. The van der Waals surface area contributed by atoms with Gasteiger partial charge in [0.1, 0.15) is 0 Å². The van der Waals surface area contributed by atoms with Crippen molar-refractivity contribution in [2.24, 2.45) is 0 Å². The molecule has 1 heterocycles. The summed E-state index contributed by atoms with van der Waals surface area (Å²) in [5.74, 6) is 0. The number of para-hydroxylation sites is 4. The normalized spacial score (nSPS) is 12.8. The maximum atomic E-state index is 2.42. The maximum Gasteiger partial charge on any atom is 0.0655 e. The Bertz CT molecular complexity index is 804. The van der Waals surface area contributed by atoms with Crippen molar-refractivity contribution in [3.05, 3.63) is 83.9 Å². The fourth-order valence-electron chi connectivity index (χ4n) is 3.44. The van der Waals surface area contributed by atoms with Crippen molar-refractivity contribution in [1.29, 1.82) is 0 Å². The van der Waals surface area contributed by atoms with E-state index in [4.69, 9.17) is 0 Å². The zero-order valence-electron chi connectivity index (χ0n) is 14.2. The third-order valence-corrected chi connectivity index (χ3v) is 4.84. The first-order valence-corrected chi connectivity index (χ1v) is 8.55. The van der Waals surface area contributed by atoms with Crippen LogP contribution in [-0.4, -0.2) is 7.05 Å². The first-order valence-electron chi connectivity index (χ1n) is 8.55. The minimum atomic E-state index is 0.881. The molecule has 0 amide bonds. The molecule has 1 aliphatic heterocycles. The number of anilines is 4. The number of nitrogens with zero attached hydrogens (tertiary/aromatic N) is 2. The molecule has 0 bridgehead atoms. The quantitative estimate of drug-likeness (QED) is 0.614. The van der Waals surface area contributed by atoms with Crippen LogP contribution in [0, 0.1) is 0 Å². The first-order chi connectivity index (χ1) is 11.8. The van der Waals surface area contributed by atoms with Gasteiger partial charge < -0.3 is 9.80 Å². The smallest absolute Gasteiger partial charge is 0.0655 e. The van der Waals surface area contributed by atoms with E-state index in [1.807, 2.05) is 0 Å². The molecule has 3 aromatic carbocycles. The second kappa shape index (κ2) is 6.04. The highest BCUT2D eigenvalue weighted by Gasteiger charge is 2.25. The fraction of sp³-hybridized carbons (Fsp3) is 0.182. The average Bonchev–Trinajstić information content (AvgIpc) is 2.65. The molecule has 0 saturated carbocycles. The summed E-state index contributed by atoms with van der Waals surface area (Å²) in [7, 11) is 2.14. The Balaban J connectivity index is 1.78. The van der Waals surface area contributed by atoms with Crippen LogP contribution in [-0.2, 0) is 13.0 Å². The van der Waals surface area contributed by atoms with Crippen LogP contribution in [0.3, 0.4) is 0 Å². The Morgan fingerprint density at radius 2 is 1.08 bits per heavy atom. The lowest BCUT2D eigenvalue weighted by molar-refractivity contribution is 0.947. The van der Waals surface area contributed by atoms with Crippen LogP contribution < -0.4 is 9.80 Å². The molecular formula is C22H22N2. The zero-order chi connectivity index (χ0) is 16.5. The number of fused-ring (bicyclic) bond motifs is 2. The van der Waals surface area contributed by atoms with E-state index in [1.165, 1.54) is 33.9 Å². The van der Waals surface area contributed by atoms with Gasteiger partial charge in [-0.25, -0.2) is 0 Å². The predicted molar refractivity (Wildman–Crippen MR) is 103 cm³/mol. The molecule has 4 rings (SSSR count). The summed E-state index contributed by atoms with van der Waals surface area (Å²) in [6, 6.07) is 26.2. The molecule has 24 heavy (non-hydrogen) atoms. The Kier molecular flexibility index (Phi) is 3.73. The van der Waals surface area contributed by atoms with Crippen molar-refractivity contribution in [2.45, 2.75) is 19.9 Å². The van der Waals surface area contributed by atoms with Gasteiger partial charge in [0.2, 0.25) is 0 Å². The van der Waals surface area contributed by atoms with E-state index >= 15 is 0 Å². The summed E-state index contributed by atoms with van der Waals surface area (Å²) in [6.07, 6.45) is 1.08. The van der Waals surface area contributed by atoms with Gasteiger partial charge >= 0.3 is 0 Å². The summed E-state index contributed by atoms with van der Waals surface area (Å²) in [5.41, 5.74) is 7.75. The Morgan fingerprint density at radius 3 is 1.58 bits per heavy atom. The highest BCUT2D eigenvalue weighted by atomic mass is 15.3. The molecule has 0 atom stereocenters. The molecule has 0 saturated heterocycles. The van der Waals surface area contributed by atoms with Gasteiger partial charge in [-0.2, -0.15) is 0 Å². The highest BCUT2D eigenvalue weighted by molar-refractivity contribution is 5.92. The molecule has 0 spiro atoms. The Hall–Kier alpha value is -2.74. The standard InChI is InChI=1S/C22H22N2/c1-3-17-12-14-18(15-13-17)16-24-21-10-6-4-8-19(21)23(2)20-9-5-7-11-22(20)24/h4-15H,3,16H2,1-2H3. The monoisotopic (exact) mass is 314 g/mol. The van der Waals surface area contributed by atoms with Crippen LogP contribution in [0.15, 0.2) is 72.8 Å². The third-order valence-electron chi connectivity index (χ3n) is 4.84. The van der Waals surface area contributed by atoms with Gasteiger partial charge in [-0.3, -0.25) is 0 Å². The van der Waals surface area contributed by atoms with Gasteiger partial charge in [0.05, 0.1) is 22.7 Å². The van der Waals surface area contributed by atoms with E-state index in [9.17, 15) is 0 Å². The van der Waals surface area contributed by atoms with E-state index in [0.29, 0.717) is 0 Å². The molecule has 0 fully saturated rings. The molecule has 0 aliphatic carbocycles. The van der Waals surface area contributed by atoms with Gasteiger partial charge in [0.15, 0.2) is 0 Å². The minimum Gasteiger partial charge on any atom is -0.341 e. The van der Waals surface area contributed by atoms with Gasteiger partial charge in [-0.1, -0.05) is 55.5 Å². The van der Waals surface area contributed by atoms with Gasteiger partial charge in [0.25, 0.3) is 0 Å². The maximum absolute atomic E-state index is 2.42. The molecule has 120 valence electrons. The minimum absolute atomic E-state index is 0.881. The fourth-order valence-corrected chi connectivity index (χ4v) is 3.44. The number of rotatable bonds is 3. The Morgan fingerprint density at radius 1 is 0.625 bits per heavy atom. The SMILES string of the molecule is CCc1ccc(CN2c3ccccc3N(C)c3ccccc32)cc1. The molecular weight excluding hydrogens is 292 g/mol. The molecule has 0 radical (unpaired) electrons. The molecule has 2 heteroatoms. The van der Waals surface area contributed by atoms with Crippen molar-refractivity contribution in [3.63, 3.8) is 0 Å². The van der Waals surface area contributed by atoms with Crippen LogP contribution in [0.1, 0.15) is 18.1 Å². The number of hydrogen-bond acceptors (Lipinski definition) is 2. The van der Waals surface area contributed by atoms with E-state index in [0.717, 1.165) is 13.0 Å². The summed E-state index contributed by atoms with van der Waals surface area (Å²) >= 11 is 0. The number of aryl methyl sites for hydroxylation is 1. The first kappa shape index (κ1) is 14.8. The van der Waals surface area contributed by atoms with Crippen LogP contribution in [0.4, 0.5) is 22.7 Å². The summed E-state index contributed by atoms with van der Waals surface area (Å²) in [6.45, 7) is 3.08. The third kappa shape index (κ3) is 2.44. The van der Waals surface area contributed by atoms with E-state index in [-0.39, 0.29) is 0 Å². The van der Waals surface area contributed by atoms with Gasteiger partial charge in [0, 0.05) is 13.6 Å². The van der Waals surface area contributed by atoms with Gasteiger partial charge in [-0.05, 0) is 41.8 Å². The van der Waals surface area contributed by atoms with E-state index < -0.39 is 0 Å². The van der Waals surface area contributed by atoms with Crippen molar-refractivity contribution >= 4 is 22.7 Å². The van der Waals surface area contributed by atoms with Crippen molar-refractivity contribution < 1.29 is 0 Å². The zero-order valence-corrected chi connectivity index (χ0v) is 14.2. The largest absolute Gasteiger partial charge is 0.341 e. The number of benzene rings is 3. The number of hydrogen-bond donors (Lipinski definition) is 0. The van der Waals surface area contributed by atoms with Crippen molar-refractivity contribution in [3.8, 4) is 0 Å². The molecule has 0 unspecified atom stereocenters. The summed E-state index contributed by atoms with van der Waals surface area (Å²) in [5, 5.41) is 0. The summed E-state index contributed by atoms with van der Waals surface area (Å²) in [4.78, 5) is 4.70. The molecule has 1 aliphatic rings. The van der Waals surface area contributed by atoms with E-state index in [1.54, 1.807) is 0 Å². The van der Waals surface area contributed by atoms with Crippen molar-refractivity contribution in [2.75, 3.05) is 16.8 Å². The van der Waals surface area contributed by atoms with Crippen LogP contribution >= 0.6 is 0 Å². The predicted octanol–water partition coefficient (Wildman–Crippen LogP) is 5.67. The van der Waals surface area contributed by atoms with Gasteiger partial charge in [-0.15, -0.1) is 0 Å². The molecule has 0 N–H and O–H groups in total. The Labute approximate surface area is 144 Å². The average molecular weight is 314 g/mol. The van der Waals surface area contributed by atoms with Crippen LogP contribution in [0.2, 0.25) is 0 Å². The second-order valence-electron chi connectivity index (χ2n) is 6.29. The highest BCUT2D eigenvalue weighted by Crippen LogP contribution is 2.47. The van der Waals surface area contributed by atoms with Crippen molar-refractivity contribution in [1.82, 2.24) is 0 Å². The lowest BCUT2D eigenvalue weighted by atomic mass is 10.1. The molecule has 2 nitrogen and oxygen atoms in total. The topological polar surface area (TPSA) is 6.48 Å². The molecule has 3 aromatic rings.